The van der Waals surface area contributed by atoms with Gasteiger partial charge in [0.1, 0.15) is 0 Å². The van der Waals surface area contributed by atoms with Crippen molar-refractivity contribution in [1.29, 1.82) is 5.41 Å². The molecule has 6 N–H and O–H groups in total. The van der Waals surface area contributed by atoms with E-state index < -0.39 is 0 Å². The summed E-state index contributed by atoms with van der Waals surface area (Å²) in [6, 6.07) is 8.77. The average Bonchev–Trinajstić information content (AvgIpc) is 2.91. The van der Waals surface area contributed by atoms with Crippen LogP contribution in [0.25, 0.3) is 0 Å². The van der Waals surface area contributed by atoms with Gasteiger partial charge in [-0.25, -0.2) is 0 Å². The summed E-state index contributed by atoms with van der Waals surface area (Å²) in [7, 11) is 0. The molecule has 0 saturated heterocycles. The molecule has 7 heteroatoms. The number of nitrogen functional groups attached to an aromatic ring is 2. The minimum absolute atomic E-state index is 0.380. The molecule has 0 spiro atoms. The van der Waals surface area contributed by atoms with Crippen molar-refractivity contribution in [3.8, 4) is 0 Å². The first-order valence-electron chi connectivity index (χ1n) is 8.15. The second kappa shape index (κ2) is 8.57. The van der Waals surface area contributed by atoms with Crippen molar-refractivity contribution < 1.29 is 0 Å². The molecule has 0 unspecified atom stereocenters. The van der Waals surface area contributed by atoms with Gasteiger partial charge >= 0.3 is 0 Å². The number of hydrogen-bond donors (Lipinski definition) is 4. The molecule has 0 amide bonds. The lowest BCUT2D eigenvalue weighted by molar-refractivity contribution is 1.37. The van der Waals surface area contributed by atoms with Crippen molar-refractivity contribution in [3.05, 3.63) is 81.9 Å². The number of halogens is 2. The Morgan fingerprint density at radius 2 is 1.89 bits per heavy atom. The summed E-state index contributed by atoms with van der Waals surface area (Å²) in [6.07, 6.45) is 10.6. The Bertz CT molecular complexity index is 957. The first-order chi connectivity index (χ1) is 13.0. The van der Waals surface area contributed by atoms with Gasteiger partial charge in [0, 0.05) is 22.0 Å². The predicted molar refractivity (Wildman–Crippen MR) is 119 cm³/mol. The molecule has 0 aliphatic heterocycles. The van der Waals surface area contributed by atoms with Gasteiger partial charge in [0.05, 0.1) is 21.3 Å². The second-order valence-corrected chi connectivity index (χ2v) is 7.53. The fraction of sp³-hybridized carbons (Fsp3) is 0.0500. The SMILES string of the molecule is N=C(C1=CCC=CC=C1)c1cc(NSc2c(N)cc(Cl)cc2Cl)ccc1N. The molecule has 2 aromatic rings. The molecule has 0 heterocycles. The van der Waals surface area contributed by atoms with E-state index in [0.717, 1.165) is 17.7 Å². The summed E-state index contributed by atoms with van der Waals surface area (Å²) < 4.78 is 3.21. The van der Waals surface area contributed by atoms with Crippen LogP contribution in [0.15, 0.2) is 71.2 Å². The van der Waals surface area contributed by atoms with E-state index in [1.807, 2.05) is 42.5 Å². The molecular formula is C20H18Cl2N4S. The van der Waals surface area contributed by atoms with E-state index in [1.54, 1.807) is 18.2 Å². The van der Waals surface area contributed by atoms with Crippen molar-refractivity contribution in [2.75, 3.05) is 16.2 Å². The van der Waals surface area contributed by atoms with Crippen LogP contribution in [-0.4, -0.2) is 5.71 Å². The summed E-state index contributed by atoms with van der Waals surface area (Å²) in [5.41, 5.74) is 15.8. The fourth-order valence-electron chi connectivity index (χ4n) is 2.55. The van der Waals surface area contributed by atoms with Crippen molar-refractivity contribution in [1.82, 2.24) is 0 Å². The number of nitrogens with one attached hydrogen (secondary N) is 2. The number of nitrogens with two attached hydrogens (primary N) is 2. The molecule has 0 radical (unpaired) electrons. The largest absolute Gasteiger partial charge is 0.398 e. The number of rotatable bonds is 5. The lowest BCUT2D eigenvalue weighted by atomic mass is 9.99. The molecule has 0 atom stereocenters. The molecule has 0 aromatic heterocycles. The molecule has 3 rings (SSSR count). The number of benzene rings is 2. The minimum Gasteiger partial charge on any atom is -0.398 e. The van der Waals surface area contributed by atoms with Gasteiger partial charge in [0.2, 0.25) is 0 Å². The third-order valence-electron chi connectivity index (χ3n) is 3.92. The van der Waals surface area contributed by atoms with Crippen LogP contribution in [0.3, 0.4) is 0 Å². The third-order valence-corrected chi connectivity index (χ3v) is 5.54. The van der Waals surface area contributed by atoms with E-state index >= 15 is 0 Å². The molecule has 0 fully saturated rings. The molecule has 138 valence electrons. The van der Waals surface area contributed by atoms with E-state index in [0.29, 0.717) is 37.6 Å². The highest BCUT2D eigenvalue weighted by Crippen LogP contribution is 2.36. The monoisotopic (exact) mass is 416 g/mol. The lowest BCUT2D eigenvalue weighted by Crippen LogP contribution is -2.06. The maximum absolute atomic E-state index is 8.53. The zero-order valence-electron chi connectivity index (χ0n) is 14.3. The minimum atomic E-state index is 0.380. The van der Waals surface area contributed by atoms with Crippen LogP contribution in [0.2, 0.25) is 10.0 Å². The van der Waals surface area contributed by atoms with Gasteiger partial charge in [-0.05, 0) is 54.3 Å². The summed E-state index contributed by atoms with van der Waals surface area (Å²) >= 11 is 13.5. The summed E-state index contributed by atoms with van der Waals surface area (Å²) in [5, 5.41) is 9.49. The number of anilines is 3. The van der Waals surface area contributed by atoms with Crippen molar-refractivity contribution in [2.45, 2.75) is 11.3 Å². The summed E-state index contributed by atoms with van der Waals surface area (Å²) in [5.74, 6) is 0. The van der Waals surface area contributed by atoms with Crippen LogP contribution in [0.4, 0.5) is 17.1 Å². The molecule has 27 heavy (non-hydrogen) atoms. The number of hydrogen-bond acceptors (Lipinski definition) is 5. The van der Waals surface area contributed by atoms with Crippen LogP contribution in [-0.2, 0) is 0 Å². The van der Waals surface area contributed by atoms with Gasteiger partial charge < -0.3 is 16.2 Å². The Hall–Kier alpha value is -2.34. The van der Waals surface area contributed by atoms with Gasteiger partial charge in [-0.3, -0.25) is 5.41 Å². The third kappa shape index (κ3) is 4.69. The smallest absolute Gasteiger partial charge is 0.0702 e. The highest BCUT2D eigenvalue weighted by Gasteiger charge is 2.12. The fourth-order valence-corrected chi connectivity index (χ4v) is 3.86. The molecule has 1 aliphatic carbocycles. The van der Waals surface area contributed by atoms with Gasteiger partial charge in [-0.15, -0.1) is 0 Å². The quantitative estimate of drug-likeness (QED) is 0.269. The van der Waals surface area contributed by atoms with Crippen molar-refractivity contribution in [3.63, 3.8) is 0 Å². The Labute approximate surface area is 172 Å². The predicted octanol–water partition coefficient (Wildman–Crippen LogP) is 6.09. The summed E-state index contributed by atoms with van der Waals surface area (Å²) in [6.45, 7) is 0. The van der Waals surface area contributed by atoms with Gasteiger partial charge in [-0.1, -0.05) is 53.6 Å². The van der Waals surface area contributed by atoms with E-state index in [2.05, 4.69) is 4.72 Å². The van der Waals surface area contributed by atoms with Gasteiger partial charge in [-0.2, -0.15) is 0 Å². The zero-order chi connectivity index (χ0) is 19.4. The van der Waals surface area contributed by atoms with Gasteiger partial charge in [0.25, 0.3) is 0 Å². The molecule has 1 aliphatic rings. The Balaban J connectivity index is 1.82. The lowest BCUT2D eigenvalue weighted by Gasteiger charge is -2.13. The zero-order valence-corrected chi connectivity index (χ0v) is 16.6. The molecule has 0 bridgehead atoms. The maximum atomic E-state index is 8.53. The van der Waals surface area contributed by atoms with Crippen LogP contribution in [0, 0.1) is 5.41 Å². The van der Waals surface area contributed by atoms with Crippen molar-refractivity contribution in [2.24, 2.45) is 0 Å². The second-order valence-electron chi connectivity index (χ2n) is 5.87. The van der Waals surface area contributed by atoms with E-state index in [1.165, 1.54) is 11.9 Å². The molecular weight excluding hydrogens is 399 g/mol. The topological polar surface area (TPSA) is 87.9 Å². The Morgan fingerprint density at radius 3 is 2.67 bits per heavy atom. The molecule has 4 nitrogen and oxygen atoms in total. The van der Waals surface area contributed by atoms with E-state index in [-0.39, 0.29) is 0 Å². The molecule has 2 aromatic carbocycles. The van der Waals surface area contributed by atoms with Crippen molar-refractivity contribution >= 4 is 57.9 Å². The standard InChI is InChI=1S/C20H18Cl2N4S/c21-13-9-16(22)20(18(24)10-13)27-26-14-7-8-17(23)15(11-14)19(25)12-5-3-1-2-4-6-12/h1-3,5-11,25-26H,4,23-24H2. The summed E-state index contributed by atoms with van der Waals surface area (Å²) in [4.78, 5) is 0.690. The highest BCUT2D eigenvalue weighted by atomic mass is 35.5. The highest BCUT2D eigenvalue weighted by molar-refractivity contribution is 8.00. The number of allylic oxidation sites excluding steroid dienone is 6. The average molecular weight is 417 g/mol. The normalized spacial score (nSPS) is 13.2. The molecule has 0 saturated carbocycles. The van der Waals surface area contributed by atoms with Crippen LogP contribution in [0.5, 0.6) is 0 Å². The van der Waals surface area contributed by atoms with E-state index in [9.17, 15) is 0 Å². The maximum Gasteiger partial charge on any atom is 0.0702 e. The first kappa shape index (κ1) is 19.4. The van der Waals surface area contributed by atoms with Crippen LogP contribution < -0.4 is 16.2 Å². The van der Waals surface area contributed by atoms with Crippen LogP contribution >= 0.6 is 35.1 Å². The van der Waals surface area contributed by atoms with E-state index in [4.69, 9.17) is 40.1 Å². The van der Waals surface area contributed by atoms with Crippen LogP contribution in [0.1, 0.15) is 12.0 Å². The first-order valence-corrected chi connectivity index (χ1v) is 9.72. The Kier molecular flexibility index (Phi) is 6.16. The Morgan fingerprint density at radius 1 is 1.07 bits per heavy atom. The van der Waals surface area contributed by atoms with Gasteiger partial charge in [0.15, 0.2) is 0 Å².